The van der Waals surface area contributed by atoms with Crippen LogP contribution >= 0.6 is 0 Å². The Morgan fingerprint density at radius 1 is 0.933 bits per heavy atom. The maximum absolute atomic E-state index is 3.80. The molecule has 0 aliphatic carbocycles. The second kappa shape index (κ2) is 6.18. The van der Waals surface area contributed by atoms with Crippen LogP contribution in [0, 0.1) is 0 Å². The van der Waals surface area contributed by atoms with Crippen molar-refractivity contribution in [2.24, 2.45) is 0 Å². The van der Waals surface area contributed by atoms with E-state index < -0.39 is 9.12 Å². The predicted molar refractivity (Wildman–Crippen MR) is 76.9 cm³/mol. The van der Waals surface area contributed by atoms with E-state index >= 15 is 0 Å². The minimum Gasteiger partial charge on any atom is -0.323 e. The molecule has 0 heterocycles. The Bertz CT molecular complexity index is 154. The van der Waals surface area contributed by atoms with Crippen molar-refractivity contribution in [3.63, 3.8) is 0 Å². The van der Waals surface area contributed by atoms with E-state index in [0.29, 0.717) is 0 Å². The van der Waals surface area contributed by atoms with Gasteiger partial charge in [0.25, 0.3) is 0 Å². The second-order valence-corrected chi connectivity index (χ2v) is 10.5. The third kappa shape index (κ3) is 10.6. The Labute approximate surface area is 100 Å². The number of hydrogen-bond acceptors (Lipinski definition) is 2. The zero-order valence-corrected chi connectivity index (χ0v) is 14.3. The number of hydrogen-bond donors (Lipinski definition) is 2. The van der Waals surface area contributed by atoms with E-state index in [1.54, 1.807) is 0 Å². The molecular formula is C11H30N2Si2. The molecular weight excluding hydrogens is 216 g/mol. The van der Waals surface area contributed by atoms with Gasteiger partial charge in [0, 0.05) is 20.6 Å². The minimum absolute atomic E-state index is 0.220. The zero-order valence-electron chi connectivity index (χ0n) is 11.7. The Morgan fingerprint density at radius 2 is 1.33 bits per heavy atom. The lowest BCUT2D eigenvalue weighted by Crippen LogP contribution is -2.59. The molecule has 2 N–H and O–H groups in total. The highest BCUT2D eigenvalue weighted by molar-refractivity contribution is 6.55. The first kappa shape index (κ1) is 15.4. The number of rotatable bonds is 5. The Kier molecular flexibility index (Phi) is 6.32. The molecule has 0 saturated heterocycles. The van der Waals surface area contributed by atoms with Gasteiger partial charge < -0.3 is 9.96 Å². The average Bonchev–Trinajstić information content (AvgIpc) is 1.94. The highest BCUT2D eigenvalue weighted by Crippen LogP contribution is 2.07. The summed E-state index contributed by atoms with van der Waals surface area (Å²) in [5.41, 5.74) is 0.509. The van der Waals surface area contributed by atoms with Crippen LogP contribution in [0.2, 0.25) is 18.6 Å². The van der Waals surface area contributed by atoms with Crippen LogP contribution in [0.1, 0.15) is 41.5 Å². The molecule has 0 aliphatic heterocycles. The maximum Gasteiger partial charge on any atom is 0.185 e. The van der Waals surface area contributed by atoms with Gasteiger partial charge in [0.1, 0.15) is 0 Å². The lowest BCUT2D eigenvalue weighted by molar-refractivity contribution is 0.473. The normalized spacial score (nSPS) is 14.4. The van der Waals surface area contributed by atoms with Crippen LogP contribution in [0.3, 0.4) is 0 Å². The molecule has 0 aromatic carbocycles. The van der Waals surface area contributed by atoms with E-state index in [1.165, 1.54) is 12.1 Å². The molecule has 92 valence electrons. The van der Waals surface area contributed by atoms with E-state index in [9.17, 15) is 0 Å². The van der Waals surface area contributed by atoms with Crippen LogP contribution in [-0.2, 0) is 0 Å². The fourth-order valence-corrected chi connectivity index (χ4v) is 7.35. The Morgan fingerprint density at radius 3 is 1.60 bits per heavy atom. The van der Waals surface area contributed by atoms with Gasteiger partial charge in [0.05, 0.1) is 0 Å². The van der Waals surface area contributed by atoms with Gasteiger partial charge in [-0.2, -0.15) is 0 Å². The van der Waals surface area contributed by atoms with Gasteiger partial charge in [-0.3, -0.25) is 0 Å². The molecule has 0 bridgehead atoms. The van der Waals surface area contributed by atoms with E-state index in [2.05, 4.69) is 58.1 Å². The summed E-state index contributed by atoms with van der Waals surface area (Å²) in [6.07, 6.45) is 0. The van der Waals surface area contributed by atoms with Gasteiger partial charge in [-0.05, 0) is 47.6 Å². The van der Waals surface area contributed by atoms with Gasteiger partial charge in [-0.1, -0.05) is 12.6 Å². The third-order valence-electron chi connectivity index (χ3n) is 2.06. The smallest absolute Gasteiger partial charge is 0.185 e. The Balaban J connectivity index is 4.19. The van der Waals surface area contributed by atoms with E-state index in [0.717, 1.165) is 0 Å². The van der Waals surface area contributed by atoms with Gasteiger partial charge in [-0.15, -0.1) is 0 Å². The first-order valence-electron chi connectivity index (χ1n) is 6.19. The molecule has 0 aliphatic rings. The Hall–Kier alpha value is 0.354. The van der Waals surface area contributed by atoms with Gasteiger partial charge in [-0.25, -0.2) is 0 Å². The molecule has 0 aromatic rings. The number of nitrogens with one attached hydrogen (secondary N) is 2. The highest BCUT2D eigenvalue weighted by atomic mass is 28.3. The molecule has 2 nitrogen and oxygen atoms in total. The van der Waals surface area contributed by atoms with Crippen LogP contribution in [-0.4, -0.2) is 29.7 Å². The quantitative estimate of drug-likeness (QED) is 0.721. The van der Waals surface area contributed by atoms with Crippen molar-refractivity contribution in [2.75, 3.05) is 0 Å². The summed E-state index contributed by atoms with van der Waals surface area (Å²) < 4.78 is 0. The molecule has 15 heavy (non-hydrogen) atoms. The average molecular weight is 247 g/mol. The minimum atomic E-state index is -0.967. The first-order valence-corrected chi connectivity index (χ1v) is 10.6. The summed E-state index contributed by atoms with van der Waals surface area (Å²) in [5.74, 6) is 0. The molecule has 0 spiro atoms. The zero-order chi connectivity index (χ0) is 12.1. The van der Waals surface area contributed by atoms with Crippen LogP contribution in [0.25, 0.3) is 0 Å². The monoisotopic (exact) mass is 246 g/mol. The van der Waals surface area contributed by atoms with Crippen molar-refractivity contribution in [1.82, 2.24) is 9.96 Å². The van der Waals surface area contributed by atoms with Gasteiger partial charge in [0.2, 0.25) is 0 Å². The molecule has 0 aromatic heterocycles. The first-order chi connectivity index (χ1) is 6.64. The van der Waals surface area contributed by atoms with Crippen molar-refractivity contribution < 1.29 is 0 Å². The van der Waals surface area contributed by atoms with Crippen LogP contribution in [0.4, 0.5) is 0 Å². The highest BCUT2D eigenvalue weighted by Gasteiger charge is 2.22. The maximum atomic E-state index is 3.80. The van der Waals surface area contributed by atoms with Crippen LogP contribution in [0.15, 0.2) is 0 Å². The van der Waals surface area contributed by atoms with E-state index in [4.69, 9.17) is 0 Å². The van der Waals surface area contributed by atoms with Gasteiger partial charge in [0.15, 0.2) is 9.12 Å². The topological polar surface area (TPSA) is 24.1 Å². The van der Waals surface area contributed by atoms with E-state index in [1.807, 2.05) is 0 Å². The molecule has 0 atom stereocenters. The summed E-state index contributed by atoms with van der Waals surface area (Å²) >= 11 is 0. The fraction of sp³-hybridized carbons (Fsp3) is 1.00. The molecule has 4 heteroatoms. The largest absolute Gasteiger partial charge is 0.323 e. The fourth-order valence-electron chi connectivity index (χ4n) is 1.63. The van der Waals surface area contributed by atoms with Crippen LogP contribution < -0.4 is 9.96 Å². The van der Waals surface area contributed by atoms with Gasteiger partial charge >= 0.3 is 0 Å². The predicted octanol–water partition coefficient (Wildman–Crippen LogP) is 1.62. The van der Waals surface area contributed by atoms with E-state index in [-0.39, 0.29) is 20.6 Å². The second-order valence-electron chi connectivity index (χ2n) is 6.48. The van der Waals surface area contributed by atoms with Crippen molar-refractivity contribution in [1.29, 1.82) is 0 Å². The summed E-state index contributed by atoms with van der Waals surface area (Å²) in [4.78, 5) is 7.60. The molecule has 0 saturated carbocycles. The molecule has 0 fully saturated rings. The third-order valence-corrected chi connectivity index (χ3v) is 7.41. The summed E-state index contributed by atoms with van der Waals surface area (Å²) in [5, 5.41) is 0. The lowest BCUT2D eigenvalue weighted by Gasteiger charge is -2.33. The van der Waals surface area contributed by atoms with Crippen molar-refractivity contribution in [2.45, 2.75) is 71.3 Å². The summed E-state index contributed by atoms with van der Waals surface area (Å²) in [7, 11) is -0.747. The SMILES string of the molecule is C[SiH2]CC[SiH](NC(C)(C)C)NC(C)(C)C. The van der Waals surface area contributed by atoms with Crippen molar-refractivity contribution >= 4 is 18.6 Å². The lowest BCUT2D eigenvalue weighted by atomic mass is 10.1. The van der Waals surface area contributed by atoms with Crippen LogP contribution in [0.5, 0.6) is 0 Å². The molecule has 0 amide bonds. The van der Waals surface area contributed by atoms with Crippen molar-refractivity contribution in [3.05, 3.63) is 0 Å². The summed E-state index contributed by atoms with van der Waals surface area (Å²) in [6, 6.07) is 2.88. The molecule has 0 rings (SSSR count). The summed E-state index contributed by atoms with van der Waals surface area (Å²) in [6.45, 7) is 16.0. The standard InChI is InChI=1S/C11H30N2Si2/c1-10(2,3)12-15(9-8-14-7)13-11(4,5)6/h12-13,15H,8-9,14H2,1-7H3. The molecule has 0 unspecified atom stereocenters. The van der Waals surface area contributed by atoms with Crippen molar-refractivity contribution in [3.8, 4) is 0 Å². The molecule has 0 radical (unpaired) electrons.